The maximum Gasteiger partial charge on any atom is 0.0806 e. The van der Waals surface area contributed by atoms with Crippen LogP contribution >= 0.6 is 0 Å². The fraction of sp³-hybridized carbons (Fsp3) is 1.00. The van der Waals surface area contributed by atoms with Crippen LogP contribution in [0.1, 0.15) is 33.6 Å². The van der Waals surface area contributed by atoms with Crippen molar-refractivity contribution in [3.05, 3.63) is 0 Å². The largest absolute Gasteiger partial charge is 0.390 e. The minimum Gasteiger partial charge on any atom is -0.390 e. The predicted molar refractivity (Wildman–Crippen MR) is 49.0 cm³/mol. The molecule has 0 aromatic carbocycles. The second-order valence-electron chi connectivity index (χ2n) is 4.76. The molecule has 1 aliphatic heterocycles. The molecule has 0 aromatic rings. The summed E-state index contributed by atoms with van der Waals surface area (Å²) in [6.45, 7) is 7.89. The summed E-state index contributed by atoms with van der Waals surface area (Å²) >= 11 is 0. The van der Waals surface area contributed by atoms with E-state index in [-0.39, 0.29) is 11.5 Å². The van der Waals surface area contributed by atoms with Crippen LogP contribution in [-0.2, 0) is 4.74 Å². The van der Waals surface area contributed by atoms with Gasteiger partial charge in [-0.1, -0.05) is 20.8 Å². The van der Waals surface area contributed by atoms with Gasteiger partial charge in [-0.3, -0.25) is 0 Å². The standard InChI is InChI=1S/C10H20O2/c1-10(2,3)8-5-4-6-12-7-9(8)11/h8-9,11H,4-7H2,1-3H3/t8-,9+/m0/s1. The van der Waals surface area contributed by atoms with Gasteiger partial charge in [-0.05, 0) is 24.2 Å². The van der Waals surface area contributed by atoms with Crippen LogP contribution in [0.4, 0.5) is 0 Å². The molecule has 0 spiro atoms. The first-order valence-corrected chi connectivity index (χ1v) is 4.77. The summed E-state index contributed by atoms with van der Waals surface area (Å²) in [5, 5.41) is 9.76. The van der Waals surface area contributed by atoms with Crippen molar-refractivity contribution in [1.82, 2.24) is 0 Å². The van der Waals surface area contributed by atoms with Crippen molar-refractivity contribution in [3.8, 4) is 0 Å². The molecule has 0 unspecified atom stereocenters. The van der Waals surface area contributed by atoms with Crippen molar-refractivity contribution < 1.29 is 9.84 Å². The molecule has 1 aliphatic rings. The summed E-state index contributed by atoms with van der Waals surface area (Å²) in [6.07, 6.45) is 1.90. The first kappa shape index (κ1) is 10.0. The van der Waals surface area contributed by atoms with Gasteiger partial charge in [0.05, 0.1) is 12.7 Å². The number of rotatable bonds is 0. The monoisotopic (exact) mass is 172 g/mol. The first-order valence-electron chi connectivity index (χ1n) is 4.77. The average Bonchev–Trinajstić information content (AvgIpc) is 2.11. The highest BCUT2D eigenvalue weighted by Crippen LogP contribution is 2.33. The lowest BCUT2D eigenvalue weighted by atomic mass is 9.75. The van der Waals surface area contributed by atoms with Gasteiger partial charge >= 0.3 is 0 Å². The Balaban J connectivity index is 2.59. The molecule has 12 heavy (non-hydrogen) atoms. The second-order valence-corrected chi connectivity index (χ2v) is 4.76. The van der Waals surface area contributed by atoms with Crippen molar-refractivity contribution >= 4 is 0 Å². The smallest absolute Gasteiger partial charge is 0.0806 e. The maximum atomic E-state index is 9.76. The molecule has 1 heterocycles. The SMILES string of the molecule is CC(C)(C)[C@H]1CCCOC[C@H]1O. The van der Waals surface area contributed by atoms with Crippen LogP contribution in [0.25, 0.3) is 0 Å². The molecule has 2 heteroatoms. The predicted octanol–water partition coefficient (Wildman–Crippen LogP) is 1.82. The zero-order chi connectivity index (χ0) is 9.19. The normalized spacial score (nSPS) is 33.0. The molecule has 72 valence electrons. The highest BCUT2D eigenvalue weighted by atomic mass is 16.5. The Morgan fingerprint density at radius 3 is 2.58 bits per heavy atom. The van der Waals surface area contributed by atoms with E-state index in [9.17, 15) is 5.11 Å². The molecule has 0 amide bonds. The molecular weight excluding hydrogens is 152 g/mol. The van der Waals surface area contributed by atoms with Gasteiger partial charge in [0.1, 0.15) is 0 Å². The van der Waals surface area contributed by atoms with Crippen molar-refractivity contribution in [2.75, 3.05) is 13.2 Å². The molecular formula is C10H20O2. The summed E-state index contributed by atoms with van der Waals surface area (Å²) in [4.78, 5) is 0. The zero-order valence-electron chi connectivity index (χ0n) is 8.34. The minimum absolute atomic E-state index is 0.202. The highest BCUT2D eigenvalue weighted by molar-refractivity contribution is 4.81. The van der Waals surface area contributed by atoms with Crippen LogP contribution in [0.15, 0.2) is 0 Å². The Kier molecular flexibility index (Phi) is 3.13. The Morgan fingerprint density at radius 1 is 1.33 bits per heavy atom. The van der Waals surface area contributed by atoms with Gasteiger partial charge in [0, 0.05) is 6.61 Å². The van der Waals surface area contributed by atoms with Crippen LogP contribution in [0.5, 0.6) is 0 Å². The third kappa shape index (κ3) is 2.46. The quantitative estimate of drug-likeness (QED) is 0.604. The molecule has 0 saturated carbocycles. The number of aliphatic hydroxyl groups is 1. The van der Waals surface area contributed by atoms with Gasteiger partial charge in [-0.25, -0.2) is 0 Å². The fourth-order valence-corrected chi connectivity index (χ4v) is 1.93. The number of aliphatic hydroxyl groups excluding tert-OH is 1. The third-order valence-corrected chi connectivity index (χ3v) is 2.67. The van der Waals surface area contributed by atoms with Crippen LogP contribution in [-0.4, -0.2) is 24.4 Å². The molecule has 0 radical (unpaired) electrons. The van der Waals surface area contributed by atoms with Gasteiger partial charge in [-0.15, -0.1) is 0 Å². The Hall–Kier alpha value is -0.0800. The summed E-state index contributed by atoms with van der Waals surface area (Å²) in [7, 11) is 0. The van der Waals surface area contributed by atoms with Gasteiger partial charge in [0.25, 0.3) is 0 Å². The van der Waals surface area contributed by atoms with E-state index in [1.54, 1.807) is 0 Å². The van der Waals surface area contributed by atoms with E-state index in [2.05, 4.69) is 20.8 Å². The Morgan fingerprint density at radius 2 is 2.00 bits per heavy atom. The number of ether oxygens (including phenoxy) is 1. The zero-order valence-corrected chi connectivity index (χ0v) is 8.34. The third-order valence-electron chi connectivity index (χ3n) is 2.67. The summed E-state index contributed by atoms with van der Waals surface area (Å²) in [6, 6.07) is 0. The van der Waals surface area contributed by atoms with Crippen molar-refractivity contribution in [2.45, 2.75) is 39.7 Å². The minimum atomic E-state index is -0.271. The van der Waals surface area contributed by atoms with Gasteiger partial charge in [0.2, 0.25) is 0 Å². The maximum absolute atomic E-state index is 9.76. The topological polar surface area (TPSA) is 29.5 Å². The van der Waals surface area contributed by atoms with Gasteiger partial charge in [-0.2, -0.15) is 0 Å². The van der Waals surface area contributed by atoms with E-state index in [0.29, 0.717) is 12.5 Å². The number of hydrogen-bond donors (Lipinski definition) is 1. The molecule has 1 rings (SSSR count). The molecule has 0 aromatic heterocycles. The lowest BCUT2D eigenvalue weighted by Crippen LogP contribution is -2.33. The van der Waals surface area contributed by atoms with E-state index >= 15 is 0 Å². The van der Waals surface area contributed by atoms with Crippen molar-refractivity contribution in [3.63, 3.8) is 0 Å². The first-order chi connectivity index (χ1) is 5.52. The molecule has 1 saturated heterocycles. The summed E-state index contributed by atoms with van der Waals surface area (Å²) in [5.74, 6) is 0.389. The lowest BCUT2D eigenvalue weighted by molar-refractivity contribution is -0.00490. The Labute approximate surface area is 74.9 Å². The van der Waals surface area contributed by atoms with E-state index < -0.39 is 0 Å². The van der Waals surface area contributed by atoms with E-state index in [0.717, 1.165) is 19.4 Å². The molecule has 2 nitrogen and oxygen atoms in total. The molecule has 2 atom stereocenters. The molecule has 1 N–H and O–H groups in total. The van der Waals surface area contributed by atoms with Crippen molar-refractivity contribution in [2.24, 2.45) is 11.3 Å². The summed E-state index contributed by atoms with van der Waals surface area (Å²) < 4.78 is 5.28. The Bertz CT molecular complexity index is 137. The number of hydrogen-bond acceptors (Lipinski definition) is 2. The van der Waals surface area contributed by atoms with Crippen LogP contribution < -0.4 is 0 Å². The van der Waals surface area contributed by atoms with Gasteiger partial charge in [0.15, 0.2) is 0 Å². The molecule has 1 fully saturated rings. The van der Waals surface area contributed by atoms with E-state index in [4.69, 9.17) is 4.74 Å². The average molecular weight is 172 g/mol. The molecule has 0 bridgehead atoms. The summed E-state index contributed by atoms with van der Waals surface area (Å²) in [5.41, 5.74) is 0.202. The fourth-order valence-electron chi connectivity index (χ4n) is 1.93. The van der Waals surface area contributed by atoms with Crippen LogP contribution in [0, 0.1) is 11.3 Å². The van der Waals surface area contributed by atoms with E-state index in [1.807, 2.05) is 0 Å². The van der Waals surface area contributed by atoms with Gasteiger partial charge < -0.3 is 9.84 Å². The second kappa shape index (κ2) is 3.75. The van der Waals surface area contributed by atoms with Crippen LogP contribution in [0.3, 0.4) is 0 Å². The molecule has 0 aliphatic carbocycles. The highest BCUT2D eigenvalue weighted by Gasteiger charge is 2.32. The van der Waals surface area contributed by atoms with Crippen LogP contribution in [0.2, 0.25) is 0 Å². The van der Waals surface area contributed by atoms with E-state index in [1.165, 1.54) is 0 Å². The lowest BCUT2D eigenvalue weighted by Gasteiger charge is -2.32. The van der Waals surface area contributed by atoms with Crippen molar-refractivity contribution in [1.29, 1.82) is 0 Å².